The van der Waals surface area contributed by atoms with E-state index in [1.54, 1.807) is 38.1 Å². The predicted octanol–water partition coefficient (Wildman–Crippen LogP) is 1.65. The first-order valence-corrected chi connectivity index (χ1v) is 8.40. The van der Waals surface area contributed by atoms with Crippen LogP contribution in [0.1, 0.15) is 6.42 Å². The second-order valence-electron chi connectivity index (χ2n) is 6.01. The summed E-state index contributed by atoms with van der Waals surface area (Å²) < 4.78 is 7.05. The highest BCUT2D eigenvalue weighted by atomic mass is 35.5. The number of nitrogens with one attached hydrogen (secondary N) is 2. The molecule has 3 aromatic heterocycles. The Bertz CT molecular complexity index is 884. The van der Waals surface area contributed by atoms with Gasteiger partial charge in [-0.2, -0.15) is 0 Å². The smallest absolute Gasteiger partial charge is 0.159 e. The Balaban J connectivity index is 1.56. The number of hydrogen-bond donors (Lipinski definition) is 2. The molecule has 3 aromatic rings. The molecule has 1 saturated heterocycles. The van der Waals surface area contributed by atoms with Crippen LogP contribution in [-0.2, 0) is 4.74 Å². The molecule has 0 amide bonds. The number of nitrogens with zero attached hydrogens (tertiary/aromatic N) is 5. The zero-order valence-corrected chi connectivity index (χ0v) is 14.4. The van der Waals surface area contributed by atoms with E-state index in [4.69, 9.17) is 16.3 Å². The Morgan fingerprint density at radius 2 is 2.28 bits per heavy atom. The lowest BCUT2D eigenvalue weighted by molar-refractivity contribution is 0.173. The molecule has 4 rings (SSSR count). The van der Waals surface area contributed by atoms with Crippen molar-refractivity contribution in [3.05, 3.63) is 36.1 Å². The van der Waals surface area contributed by atoms with Gasteiger partial charge in [0.25, 0.3) is 0 Å². The number of imidazole rings is 1. The van der Waals surface area contributed by atoms with Crippen LogP contribution in [0, 0.1) is 0 Å². The van der Waals surface area contributed by atoms with Gasteiger partial charge in [-0.05, 0) is 6.42 Å². The monoisotopic (exact) mass is 359 g/mol. The van der Waals surface area contributed by atoms with Crippen LogP contribution in [0.5, 0.6) is 0 Å². The van der Waals surface area contributed by atoms with E-state index in [2.05, 4.69) is 30.6 Å². The van der Waals surface area contributed by atoms with E-state index in [9.17, 15) is 0 Å². The van der Waals surface area contributed by atoms with Gasteiger partial charge in [0, 0.05) is 31.8 Å². The van der Waals surface area contributed by atoms with Gasteiger partial charge in [-0.1, -0.05) is 11.6 Å². The summed E-state index contributed by atoms with van der Waals surface area (Å²) in [5.74, 6) is 1.40. The quantitative estimate of drug-likeness (QED) is 0.669. The van der Waals surface area contributed by atoms with Crippen molar-refractivity contribution in [2.24, 2.45) is 0 Å². The third-order valence-corrected chi connectivity index (χ3v) is 4.42. The van der Waals surface area contributed by atoms with E-state index < -0.39 is 0 Å². The zero-order valence-electron chi connectivity index (χ0n) is 13.7. The van der Waals surface area contributed by atoms with Crippen molar-refractivity contribution < 1.29 is 4.74 Å². The lowest BCUT2D eigenvalue weighted by Crippen LogP contribution is -2.26. The molecule has 25 heavy (non-hydrogen) atoms. The Morgan fingerprint density at radius 3 is 3.16 bits per heavy atom. The molecular weight excluding hydrogens is 342 g/mol. The molecule has 1 aliphatic heterocycles. The number of hydrogen-bond acceptors (Lipinski definition) is 7. The molecule has 4 heterocycles. The molecule has 0 saturated carbocycles. The van der Waals surface area contributed by atoms with Gasteiger partial charge in [-0.15, -0.1) is 0 Å². The van der Waals surface area contributed by atoms with Gasteiger partial charge < -0.3 is 15.4 Å². The second-order valence-corrected chi connectivity index (χ2v) is 6.40. The van der Waals surface area contributed by atoms with E-state index in [1.807, 2.05) is 4.57 Å². The Kier molecular flexibility index (Phi) is 4.48. The SMILES string of the molecule is COCC1CC(Nc2cncc(-n3cnc4cnc(Cl)cc43)n2)CN1. The Labute approximate surface area is 149 Å². The van der Waals surface area contributed by atoms with Gasteiger partial charge in [0.05, 0.1) is 30.7 Å². The van der Waals surface area contributed by atoms with Crippen LogP contribution in [0.4, 0.5) is 5.82 Å². The molecule has 0 radical (unpaired) electrons. The van der Waals surface area contributed by atoms with E-state index in [0.29, 0.717) is 29.7 Å². The van der Waals surface area contributed by atoms with Crippen molar-refractivity contribution in [1.29, 1.82) is 0 Å². The van der Waals surface area contributed by atoms with Crippen LogP contribution in [0.15, 0.2) is 31.0 Å². The summed E-state index contributed by atoms with van der Waals surface area (Å²) in [6, 6.07) is 2.43. The lowest BCUT2D eigenvalue weighted by Gasteiger charge is -2.13. The molecule has 9 heteroatoms. The van der Waals surface area contributed by atoms with Crippen molar-refractivity contribution in [1.82, 2.24) is 29.8 Å². The molecule has 130 valence electrons. The van der Waals surface area contributed by atoms with Crippen molar-refractivity contribution in [3.63, 3.8) is 0 Å². The highest BCUT2D eigenvalue weighted by molar-refractivity contribution is 6.29. The molecule has 2 N–H and O–H groups in total. The van der Waals surface area contributed by atoms with Crippen LogP contribution < -0.4 is 10.6 Å². The summed E-state index contributed by atoms with van der Waals surface area (Å²) in [6.07, 6.45) is 7.74. The van der Waals surface area contributed by atoms with Crippen LogP contribution in [-0.4, -0.2) is 56.8 Å². The number of rotatable bonds is 5. The summed E-state index contributed by atoms with van der Waals surface area (Å²) in [5, 5.41) is 7.27. The topological polar surface area (TPSA) is 89.8 Å². The fourth-order valence-electron chi connectivity index (χ4n) is 3.08. The van der Waals surface area contributed by atoms with E-state index >= 15 is 0 Å². The number of aromatic nitrogens is 5. The number of pyridine rings is 1. The lowest BCUT2D eigenvalue weighted by atomic mass is 10.2. The van der Waals surface area contributed by atoms with E-state index in [1.165, 1.54) is 0 Å². The van der Waals surface area contributed by atoms with Crippen molar-refractivity contribution in [2.75, 3.05) is 25.6 Å². The van der Waals surface area contributed by atoms with Crippen LogP contribution in [0.3, 0.4) is 0 Å². The summed E-state index contributed by atoms with van der Waals surface area (Å²) in [6.45, 7) is 1.58. The first kappa shape index (κ1) is 16.2. The molecule has 2 atom stereocenters. The van der Waals surface area contributed by atoms with Crippen LogP contribution >= 0.6 is 11.6 Å². The predicted molar refractivity (Wildman–Crippen MR) is 95.2 cm³/mol. The maximum atomic E-state index is 6.00. The molecule has 0 aromatic carbocycles. The molecule has 0 bridgehead atoms. The Morgan fingerprint density at radius 1 is 1.36 bits per heavy atom. The summed E-state index contributed by atoms with van der Waals surface area (Å²) >= 11 is 6.00. The summed E-state index contributed by atoms with van der Waals surface area (Å²) in [5.41, 5.74) is 1.60. The second kappa shape index (κ2) is 6.91. The molecule has 1 aliphatic rings. The third-order valence-electron chi connectivity index (χ3n) is 4.21. The highest BCUT2D eigenvalue weighted by Crippen LogP contribution is 2.20. The minimum absolute atomic E-state index is 0.294. The fourth-order valence-corrected chi connectivity index (χ4v) is 3.23. The third kappa shape index (κ3) is 3.41. The van der Waals surface area contributed by atoms with Crippen molar-refractivity contribution >= 4 is 28.5 Å². The molecule has 8 nitrogen and oxygen atoms in total. The van der Waals surface area contributed by atoms with Crippen LogP contribution in [0.2, 0.25) is 5.15 Å². The van der Waals surface area contributed by atoms with Gasteiger partial charge in [0.1, 0.15) is 22.8 Å². The zero-order chi connectivity index (χ0) is 17.2. The number of fused-ring (bicyclic) bond motifs is 1. The van der Waals surface area contributed by atoms with Crippen LogP contribution in [0.25, 0.3) is 16.9 Å². The van der Waals surface area contributed by atoms with Crippen molar-refractivity contribution in [2.45, 2.75) is 18.5 Å². The minimum atomic E-state index is 0.294. The molecule has 2 unspecified atom stereocenters. The maximum absolute atomic E-state index is 6.00. The molecular formula is C16H18ClN7O. The fraction of sp³-hybridized carbons (Fsp3) is 0.375. The average molecular weight is 360 g/mol. The number of halogens is 1. The van der Waals surface area contributed by atoms with Gasteiger partial charge in [-0.25, -0.2) is 15.0 Å². The Hall–Kier alpha value is -2.29. The average Bonchev–Trinajstić information content (AvgIpc) is 3.22. The van der Waals surface area contributed by atoms with Crippen molar-refractivity contribution in [3.8, 4) is 5.82 Å². The van der Waals surface area contributed by atoms with Gasteiger partial charge in [-0.3, -0.25) is 9.55 Å². The van der Waals surface area contributed by atoms with Gasteiger partial charge in [0.2, 0.25) is 0 Å². The molecule has 0 aliphatic carbocycles. The van der Waals surface area contributed by atoms with E-state index in [-0.39, 0.29) is 0 Å². The molecule has 0 spiro atoms. The molecule has 1 fully saturated rings. The maximum Gasteiger partial charge on any atom is 0.159 e. The first-order valence-electron chi connectivity index (χ1n) is 8.03. The number of anilines is 1. The standard InChI is InChI=1S/C16H18ClN7O/c1-25-8-11-2-10(4-19-11)22-15-6-18-7-16(23-15)24-9-21-12-5-20-14(17)3-13(12)24/h3,5-7,9-11,19H,2,4,8H2,1H3,(H,22,23). The van der Waals surface area contributed by atoms with Gasteiger partial charge >= 0.3 is 0 Å². The first-order chi connectivity index (χ1) is 12.2. The van der Waals surface area contributed by atoms with E-state index in [0.717, 1.165) is 29.8 Å². The van der Waals surface area contributed by atoms with Gasteiger partial charge in [0.15, 0.2) is 5.82 Å². The minimum Gasteiger partial charge on any atom is -0.383 e. The summed E-state index contributed by atoms with van der Waals surface area (Å²) in [7, 11) is 1.72. The number of ether oxygens (including phenoxy) is 1. The summed E-state index contributed by atoms with van der Waals surface area (Å²) in [4.78, 5) is 17.3. The number of methoxy groups -OCH3 is 1. The normalized spacial score (nSPS) is 20.2. The highest BCUT2D eigenvalue weighted by Gasteiger charge is 2.24. The largest absolute Gasteiger partial charge is 0.383 e.